The second-order valence-corrected chi connectivity index (χ2v) is 16.0. The van der Waals surface area contributed by atoms with E-state index >= 15 is 0 Å². The summed E-state index contributed by atoms with van der Waals surface area (Å²) in [6.07, 6.45) is 5.15. The van der Waals surface area contributed by atoms with Gasteiger partial charge in [-0.3, -0.25) is 4.57 Å². The number of para-hydroxylation sites is 5. The van der Waals surface area contributed by atoms with E-state index < -0.39 is 67.6 Å². The Balaban J connectivity index is 0.00000623. The van der Waals surface area contributed by atoms with E-state index in [1.54, 1.807) is 57.8 Å². The number of fused-ring (bicyclic) bond motifs is 10. The minimum atomic E-state index is -0.760. The Labute approximate surface area is 429 Å². The van der Waals surface area contributed by atoms with Crippen LogP contribution >= 0.6 is 0 Å². The van der Waals surface area contributed by atoms with Crippen LogP contribution in [0.5, 0.6) is 17.2 Å². The predicted molar refractivity (Wildman–Crippen MR) is 271 cm³/mol. The molecule has 0 saturated carbocycles. The number of hydrogen-bond acceptors (Lipinski definition) is 5. The van der Waals surface area contributed by atoms with Crippen LogP contribution in [0.3, 0.4) is 0 Å². The molecule has 0 aliphatic carbocycles. The van der Waals surface area contributed by atoms with E-state index in [9.17, 15) is 0 Å². The van der Waals surface area contributed by atoms with Crippen LogP contribution in [0.15, 0.2) is 230 Å². The average Bonchev–Trinajstić information content (AvgIpc) is 4.12. The molecule has 0 spiro atoms. The molecule has 4 heterocycles. The van der Waals surface area contributed by atoms with Gasteiger partial charge in [-0.25, -0.2) is 4.98 Å². The maximum Gasteiger partial charge on any atom is 0.616 e. The van der Waals surface area contributed by atoms with Gasteiger partial charge in [0.15, 0.2) is 0 Å². The van der Waals surface area contributed by atoms with E-state index in [0.29, 0.717) is 45.5 Å². The molecule has 0 fully saturated rings. The first kappa shape index (κ1) is 32.3. The Bertz CT molecular complexity index is 4160. The smallest absolute Gasteiger partial charge is 0.523 e. The topological polar surface area (TPSA) is 46.6 Å². The van der Waals surface area contributed by atoms with Crippen molar-refractivity contribution in [3.05, 3.63) is 249 Å². The Morgan fingerprint density at radius 3 is 1.91 bits per heavy atom. The van der Waals surface area contributed by atoms with Crippen molar-refractivity contribution in [2.45, 2.75) is 0 Å². The number of ether oxygens (including phenoxy) is 1. The van der Waals surface area contributed by atoms with Crippen LogP contribution in [-0.2, 0) is 21.1 Å². The van der Waals surface area contributed by atoms with E-state index in [1.807, 2.05) is 95.8 Å². The zero-order valence-electron chi connectivity index (χ0n) is 46.1. The molecule has 2 aliphatic heterocycles. The van der Waals surface area contributed by atoms with Crippen molar-refractivity contribution in [3.63, 3.8) is 0 Å². The molecule has 0 bridgehead atoms. The zero-order chi connectivity index (χ0) is 53.7. The van der Waals surface area contributed by atoms with Crippen LogP contribution in [0.25, 0.3) is 66.9 Å². The van der Waals surface area contributed by atoms with Crippen LogP contribution in [0.2, 0.25) is 0 Å². The van der Waals surface area contributed by atoms with Crippen molar-refractivity contribution in [1.29, 1.82) is 0 Å². The molecule has 0 unspecified atom stereocenters. The molecule has 9 heteroatoms. The quantitative estimate of drug-likeness (QED) is 0.0904. The summed E-state index contributed by atoms with van der Waals surface area (Å²) >= 11 is 0. The molecule has 0 saturated heterocycles. The molecule has 7 nitrogen and oxygen atoms in total. The van der Waals surface area contributed by atoms with Gasteiger partial charge in [0.2, 0.25) is 0 Å². The van der Waals surface area contributed by atoms with E-state index in [4.69, 9.17) is 28.1 Å². The first-order valence-electron chi connectivity index (χ1n) is 26.8. The molecule has 330 valence electrons. The fraction of sp³-hybridized carbons (Fsp3) is 0. The van der Waals surface area contributed by atoms with Gasteiger partial charge in [0.05, 0.1) is 30.4 Å². The molecule has 0 atom stereocenters. The predicted octanol–water partition coefficient (Wildman–Crippen LogP) is 13.8. The molecule has 2 aromatic heterocycles. The molecular formula is C60H38BN5O2Pt-2. The number of aromatic nitrogens is 3. The Morgan fingerprint density at radius 1 is 0.536 bits per heavy atom. The van der Waals surface area contributed by atoms with Crippen LogP contribution in [0.1, 0.15) is 13.7 Å². The van der Waals surface area contributed by atoms with Crippen LogP contribution in [-0.4, -0.2) is 16.7 Å². The maximum absolute atomic E-state index is 9.06. The number of rotatable bonds is 7. The maximum atomic E-state index is 9.06. The second kappa shape index (κ2) is 17.7. The van der Waals surface area contributed by atoms with Gasteiger partial charge < -0.3 is 23.6 Å². The Morgan fingerprint density at radius 2 is 1.16 bits per heavy atom. The molecule has 9 aromatic carbocycles. The van der Waals surface area contributed by atoms with Crippen LogP contribution in [0.4, 0.5) is 22.9 Å². The summed E-state index contributed by atoms with van der Waals surface area (Å²) < 4.78 is 105. The van der Waals surface area contributed by atoms with E-state index in [1.165, 1.54) is 0 Å². The molecule has 69 heavy (non-hydrogen) atoms. The normalized spacial score (nSPS) is 14.3. The van der Waals surface area contributed by atoms with Crippen molar-refractivity contribution < 1.29 is 48.7 Å². The SMILES string of the molecule is [2H]c1c([2H])c([2H])c(-c2cccc(-c3c([2H])c([2H])c([2H])c([2H])c3[2H])c2-[n+]2[c-]n(-c3[c-]c(Oc4[c-]c5c(cc4)N4B(Oc6ccccc6-c6ccccc6-c6ccccc64)N5c4ccccn4)ccc3)c3ccccc32)c([2H])c1[2H].[Pt]. The van der Waals surface area contributed by atoms with Crippen molar-refractivity contribution in [3.8, 4) is 73.1 Å². The Hall–Kier alpha value is -8.45. The summed E-state index contributed by atoms with van der Waals surface area (Å²) in [6.45, 7) is 0. The largest absolute Gasteiger partial charge is 0.616 e. The fourth-order valence-corrected chi connectivity index (χ4v) is 9.19. The van der Waals surface area contributed by atoms with Gasteiger partial charge in [0, 0.05) is 55.6 Å². The van der Waals surface area contributed by atoms with Gasteiger partial charge in [-0.05, 0) is 63.3 Å². The summed E-state index contributed by atoms with van der Waals surface area (Å²) in [7, 11) is -0.760. The first-order valence-corrected chi connectivity index (χ1v) is 21.8. The number of anilines is 4. The van der Waals surface area contributed by atoms with Crippen molar-refractivity contribution in [1.82, 2.24) is 9.55 Å². The third-order valence-electron chi connectivity index (χ3n) is 12.1. The molecule has 0 amide bonds. The molecule has 2 aliphatic rings. The number of pyridine rings is 1. The fourth-order valence-electron chi connectivity index (χ4n) is 9.19. The monoisotopic (exact) mass is 1080 g/mol. The molecular weight excluding hydrogens is 1030 g/mol. The Kier molecular flexibility index (Phi) is 8.26. The van der Waals surface area contributed by atoms with Crippen LogP contribution < -0.4 is 23.6 Å². The molecule has 0 radical (unpaired) electrons. The summed E-state index contributed by atoms with van der Waals surface area (Å²) in [5.41, 5.74) is 8.08. The average molecular weight is 1080 g/mol. The molecule has 11 aromatic rings. The first-order chi connectivity index (χ1) is 37.9. The second-order valence-electron chi connectivity index (χ2n) is 16.0. The number of imidazole rings is 1. The van der Waals surface area contributed by atoms with Gasteiger partial charge in [0.25, 0.3) is 6.33 Å². The summed E-state index contributed by atoms with van der Waals surface area (Å²) in [5, 5.41) is 0. The molecule has 0 N–H and O–H groups in total. The summed E-state index contributed by atoms with van der Waals surface area (Å²) in [5.74, 6) is 1.98. The van der Waals surface area contributed by atoms with Gasteiger partial charge >= 0.3 is 7.19 Å². The minimum Gasteiger partial charge on any atom is -0.523 e. The summed E-state index contributed by atoms with van der Waals surface area (Å²) in [4.78, 5) is 9.00. The van der Waals surface area contributed by atoms with E-state index in [-0.39, 0.29) is 49.0 Å². The minimum absolute atomic E-state index is 0. The van der Waals surface area contributed by atoms with Gasteiger partial charge in [-0.15, -0.1) is 30.3 Å². The third kappa shape index (κ3) is 7.29. The van der Waals surface area contributed by atoms with Crippen LogP contribution in [0, 0.1) is 18.5 Å². The number of hydrogen-bond donors (Lipinski definition) is 0. The van der Waals surface area contributed by atoms with Gasteiger partial charge in [-0.1, -0.05) is 181 Å². The van der Waals surface area contributed by atoms with Gasteiger partial charge in [0.1, 0.15) is 11.6 Å². The molecule has 13 rings (SSSR count). The van der Waals surface area contributed by atoms with Crippen molar-refractivity contribution in [2.75, 3.05) is 9.62 Å². The third-order valence-corrected chi connectivity index (χ3v) is 12.1. The van der Waals surface area contributed by atoms with Gasteiger partial charge in [-0.2, -0.15) is 12.1 Å². The zero-order valence-corrected chi connectivity index (χ0v) is 38.4. The van der Waals surface area contributed by atoms with E-state index in [2.05, 4.69) is 53.6 Å². The van der Waals surface area contributed by atoms with E-state index in [0.717, 1.165) is 33.6 Å². The number of benzene rings is 9. The van der Waals surface area contributed by atoms with Crippen molar-refractivity contribution >= 4 is 41.1 Å². The summed E-state index contributed by atoms with van der Waals surface area (Å²) in [6, 6.07) is 53.2. The van der Waals surface area contributed by atoms with Crippen molar-refractivity contribution in [2.24, 2.45) is 0 Å². The number of nitrogens with zero attached hydrogens (tertiary/aromatic N) is 5. The standard InChI is InChI=1S/C60H38BN5O2.Pt/c1-3-19-42(20-4-1)47-29-18-30-48(43-21-5-2-6-22-43)60(47)64-41-63(54-32-12-13-33-55(54)64)44-23-17-24-45(39-44)67-46-36-37-56-57(40-46)66(59-35-15-16-38-62-59)61-65(56)53-31-11-9-27-51(53)49-25-7-8-26-50(49)52-28-10-14-34-58(52)68-61;/h1-38H;/q-2;/i1D,2D,3D,4D,5D,6D,19D,20D,21D,22D;.